The van der Waals surface area contributed by atoms with Crippen molar-refractivity contribution in [3.63, 3.8) is 0 Å². The Morgan fingerprint density at radius 1 is 1.39 bits per heavy atom. The fourth-order valence-corrected chi connectivity index (χ4v) is 1.63. The van der Waals surface area contributed by atoms with Gasteiger partial charge in [0, 0.05) is 5.56 Å². The summed E-state index contributed by atoms with van der Waals surface area (Å²) in [5.41, 5.74) is 6.00. The van der Waals surface area contributed by atoms with Gasteiger partial charge in [-0.3, -0.25) is 0 Å². The van der Waals surface area contributed by atoms with Gasteiger partial charge in [-0.25, -0.2) is 13.8 Å². The number of hydrogen-bond donors (Lipinski definition) is 2. The number of H-pyrrole nitrogens is 1. The summed E-state index contributed by atoms with van der Waals surface area (Å²) in [6.07, 6.45) is 2.15. The molecule has 3 nitrogen and oxygen atoms in total. The summed E-state index contributed by atoms with van der Waals surface area (Å²) >= 11 is 0. The van der Waals surface area contributed by atoms with E-state index in [0.29, 0.717) is 17.9 Å². The molecular weight excluding hydrogens is 236 g/mol. The van der Waals surface area contributed by atoms with Gasteiger partial charge in [-0.15, -0.1) is 0 Å². The fraction of sp³-hybridized carbons (Fsp3) is 0.308. The van der Waals surface area contributed by atoms with Crippen molar-refractivity contribution >= 4 is 0 Å². The number of rotatable bonds is 3. The first-order chi connectivity index (χ1) is 8.45. The molecule has 3 N–H and O–H groups in total. The molecule has 5 heteroatoms. The summed E-state index contributed by atoms with van der Waals surface area (Å²) in [5.74, 6) is -1.21. The molecule has 2 rings (SSSR count). The lowest BCUT2D eigenvalue weighted by atomic mass is 10.00. The van der Waals surface area contributed by atoms with Crippen molar-refractivity contribution in [2.75, 3.05) is 0 Å². The van der Waals surface area contributed by atoms with Crippen molar-refractivity contribution in [3.05, 3.63) is 41.9 Å². The number of nitrogens with one attached hydrogen (secondary N) is 1. The quantitative estimate of drug-likeness (QED) is 0.881. The van der Waals surface area contributed by atoms with Crippen LogP contribution in [-0.4, -0.2) is 9.97 Å². The van der Waals surface area contributed by atoms with E-state index in [-0.39, 0.29) is 5.56 Å². The summed E-state index contributed by atoms with van der Waals surface area (Å²) < 4.78 is 26.8. The molecular formula is C13H15F2N3. The largest absolute Gasteiger partial charge is 0.340 e. The lowest BCUT2D eigenvalue weighted by Crippen LogP contribution is -2.33. The SMILES string of the molecule is CCC(C)(N)c1ncc(-c2cccc(F)c2F)[nH]1. The molecule has 0 bridgehead atoms. The molecule has 0 aliphatic rings. The van der Waals surface area contributed by atoms with E-state index in [1.165, 1.54) is 18.3 Å². The molecule has 96 valence electrons. The Labute approximate surface area is 104 Å². The van der Waals surface area contributed by atoms with Gasteiger partial charge in [0.1, 0.15) is 5.82 Å². The summed E-state index contributed by atoms with van der Waals surface area (Å²) in [7, 11) is 0. The second kappa shape index (κ2) is 4.49. The number of nitrogens with zero attached hydrogens (tertiary/aromatic N) is 1. The molecule has 2 aromatic rings. The maximum atomic E-state index is 13.6. The highest BCUT2D eigenvalue weighted by Crippen LogP contribution is 2.25. The minimum atomic E-state index is -0.886. The van der Waals surface area contributed by atoms with Crippen LogP contribution >= 0.6 is 0 Å². The molecule has 0 radical (unpaired) electrons. The molecule has 0 saturated heterocycles. The maximum Gasteiger partial charge on any atom is 0.168 e. The van der Waals surface area contributed by atoms with Crippen molar-refractivity contribution in [1.29, 1.82) is 0 Å². The third-order valence-corrected chi connectivity index (χ3v) is 3.09. The van der Waals surface area contributed by atoms with Gasteiger partial charge in [-0.2, -0.15) is 0 Å². The molecule has 0 fully saturated rings. The van der Waals surface area contributed by atoms with Crippen LogP contribution in [0.3, 0.4) is 0 Å². The van der Waals surface area contributed by atoms with Gasteiger partial charge < -0.3 is 10.7 Å². The van der Waals surface area contributed by atoms with E-state index in [1.54, 1.807) is 0 Å². The minimum absolute atomic E-state index is 0.153. The first-order valence-electron chi connectivity index (χ1n) is 5.74. The van der Waals surface area contributed by atoms with Crippen molar-refractivity contribution in [3.8, 4) is 11.3 Å². The van der Waals surface area contributed by atoms with E-state index in [2.05, 4.69) is 9.97 Å². The van der Waals surface area contributed by atoms with Gasteiger partial charge in [0.25, 0.3) is 0 Å². The predicted octanol–water partition coefficient (Wildman–Crippen LogP) is 2.94. The number of imidazole rings is 1. The summed E-state index contributed by atoms with van der Waals surface area (Å²) in [4.78, 5) is 7.08. The average molecular weight is 251 g/mol. The number of aromatic amines is 1. The smallest absolute Gasteiger partial charge is 0.168 e. The van der Waals surface area contributed by atoms with Crippen LogP contribution in [0, 0.1) is 11.6 Å². The van der Waals surface area contributed by atoms with Crippen LogP contribution in [0.5, 0.6) is 0 Å². The molecule has 1 atom stereocenters. The highest BCUT2D eigenvalue weighted by atomic mass is 19.2. The van der Waals surface area contributed by atoms with Gasteiger partial charge >= 0.3 is 0 Å². The van der Waals surface area contributed by atoms with E-state index in [4.69, 9.17) is 5.73 Å². The fourth-order valence-electron chi connectivity index (χ4n) is 1.63. The van der Waals surface area contributed by atoms with Crippen LogP contribution in [0.1, 0.15) is 26.1 Å². The van der Waals surface area contributed by atoms with Crippen LogP contribution in [0.4, 0.5) is 8.78 Å². The molecule has 18 heavy (non-hydrogen) atoms. The molecule has 1 heterocycles. The van der Waals surface area contributed by atoms with Gasteiger partial charge in [0.05, 0.1) is 17.4 Å². The van der Waals surface area contributed by atoms with Crippen molar-refractivity contribution in [2.45, 2.75) is 25.8 Å². The Hall–Kier alpha value is -1.75. The Kier molecular flexibility index (Phi) is 3.17. The van der Waals surface area contributed by atoms with E-state index in [1.807, 2.05) is 13.8 Å². The van der Waals surface area contributed by atoms with Crippen LogP contribution in [-0.2, 0) is 5.54 Å². The van der Waals surface area contributed by atoms with E-state index < -0.39 is 17.2 Å². The third kappa shape index (κ3) is 2.13. The lowest BCUT2D eigenvalue weighted by molar-refractivity contribution is 0.450. The predicted molar refractivity (Wildman–Crippen MR) is 65.8 cm³/mol. The Morgan fingerprint density at radius 3 is 2.78 bits per heavy atom. The molecule has 0 spiro atoms. The number of hydrogen-bond acceptors (Lipinski definition) is 2. The Balaban J connectivity index is 2.45. The topological polar surface area (TPSA) is 54.7 Å². The average Bonchev–Trinajstić information content (AvgIpc) is 2.82. The van der Waals surface area contributed by atoms with Crippen molar-refractivity contribution < 1.29 is 8.78 Å². The number of nitrogens with two attached hydrogens (primary N) is 1. The highest BCUT2D eigenvalue weighted by Gasteiger charge is 2.23. The van der Waals surface area contributed by atoms with E-state index >= 15 is 0 Å². The van der Waals surface area contributed by atoms with Gasteiger partial charge in [0.15, 0.2) is 11.6 Å². The van der Waals surface area contributed by atoms with Gasteiger partial charge in [0.2, 0.25) is 0 Å². The molecule has 1 aromatic heterocycles. The zero-order valence-electron chi connectivity index (χ0n) is 10.3. The molecule has 0 amide bonds. The van der Waals surface area contributed by atoms with Crippen molar-refractivity contribution in [1.82, 2.24) is 9.97 Å². The Bertz CT molecular complexity index is 561. The number of benzene rings is 1. The highest BCUT2D eigenvalue weighted by molar-refractivity contribution is 5.59. The molecule has 0 aliphatic carbocycles. The summed E-state index contributed by atoms with van der Waals surface area (Å²) in [6, 6.07) is 4.03. The molecule has 1 aromatic carbocycles. The first kappa shape index (κ1) is 12.7. The summed E-state index contributed by atoms with van der Waals surface area (Å²) in [5, 5.41) is 0. The molecule has 1 unspecified atom stereocenters. The van der Waals surface area contributed by atoms with Gasteiger partial charge in [-0.1, -0.05) is 13.0 Å². The minimum Gasteiger partial charge on any atom is -0.340 e. The second-order valence-corrected chi connectivity index (χ2v) is 4.52. The van der Waals surface area contributed by atoms with Crippen LogP contribution in [0.2, 0.25) is 0 Å². The zero-order valence-corrected chi connectivity index (χ0v) is 10.3. The van der Waals surface area contributed by atoms with Crippen molar-refractivity contribution in [2.24, 2.45) is 5.73 Å². The first-order valence-corrected chi connectivity index (χ1v) is 5.74. The monoisotopic (exact) mass is 251 g/mol. The second-order valence-electron chi connectivity index (χ2n) is 4.52. The van der Waals surface area contributed by atoms with Crippen LogP contribution in [0.15, 0.2) is 24.4 Å². The summed E-state index contributed by atoms with van der Waals surface area (Å²) in [6.45, 7) is 3.77. The normalized spacial score (nSPS) is 14.5. The van der Waals surface area contributed by atoms with E-state index in [9.17, 15) is 8.78 Å². The Morgan fingerprint density at radius 2 is 2.11 bits per heavy atom. The molecule has 0 saturated carbocycles. The zero-order chi connectivity index (χ0) is 13.3. The van der Waals surface area contributed by atoms with E-state index in [0.717, 1.165) is 6.07 Å². The van der Waals surface area contributed by atoms with Gasteiger partial charge in [-0.05, 0) is 25.5 Å². The standard InChI is InChI=1S/C13H15F2N3/c1-3-13(2,16)12-17-7-10(18-12)8-5-4-6-9(14)11(8)15/h4-7H,3,16H2,1-2H3,(H,17,18). The van der Waals surface area contributed by atoms with Crippen LogP contribution in [0.25, 0.3) is 11.3 Å². The maximum absolute atomic E-state index is 13.6. The lowest BCUT2D eigenvalue weighted by Gasteiger charge is -2.19. The number of halogens is 2. The molecule has 0 aliphatic heterocycles. The number of aromatic nitrogens is 2. The van der Waals surface area contributed by atoms with Crippen LogP contribution < -0.4 is 5.73 Å². The third-order valence-electron chi connectivity index (χ3n) is 3.09.